The number of halogens is 2. The Balaban J connectivity index is 1.30. The third-order valence-corrected chi connectivity index (χ3v) is 8.37. The second-order valence-corrected chi connectivity index (χ2v) is 10.8. The van der Waals surface area contributed by atoms with Crippen LogP contribution in [0.2, 0.25) is 0 Å². The van der Waals surface area contributed by atoms with Crippen LogP contribution in [-0.4, -0.2) is 55.1 Å². The summed E-state index contributed by atoms with van der Waals surface area (Å²) in [5.74, 6) is -1.63. The molecule has 4 heterocycles. The zero-order valence-corrected chi connectivity index (χ0v) is 20.7. The number of quaternary nitrogens is 1. The number of nitrogens with zero attached hydrogens (tertiary/aromatic N) is 1. The van der Waals surface area contributed by atoms with Crippen LogP contribution in [0.5, 0.6) is 0 Å². The molecule has 0 saturated carbocycles. The zero-order chi connectivity index (χ0) is 25.1. The quantitative estimate of drug-likeness (QED) is 0.242. The highest BCUT2D eigenvalue weighted by Crippen LogP contribution is 2.37. The van der Waals surface area contributed by atoms with Gasteiger partial charge < -0.3 is 14.5 Å². The Labute approximate surface area is 213 Å². The molecule has 2 atom stereocenters. The van der Waals surface area contributed by atoms with Crippen LogP contribution in [-0.2, 0) is 9.53 Å². The number of nitrogens with one attached hydrogen (secondary N) is 1. The van der Waals surface area contributed by atoms with E-state index in [1.54, 1.807) is 24.3 Å². The monoisotopic (exact) mass is 511 g/mol. The molecule has 1 aromatic heterocycles. The topological polar surface area (TPSA) is 55.4 Å². The minimum absolute atomic E-state index is 0.132. The molecule has 3 saturated heterocycles. The molecular formula is C28H29F2N2O3S+. The number of anilines is 1. The maximum Gasteiger partial charge on any atom is 0.315 e. The summed E-state index contributed by atoms with van der Waals surface area (Å²) in [4.78, 5) is 27.1. The number of rotatable bonds is 9. The van der Waals surface area contributed by atoms with Crippen LogP contribution in [0.15, 0.2) is 66.0 Å². The number of fused-ring (bicyclic) bond motifs is 3. The number of carbonyl (C=O) groups is 2. The van der Waals surface area contributed by atoms with Gasteiger partial charge in [0.15, 0.2) is 6.10 Å². The van der Waals surface area contributed by atoms with E-state index in [-0.39, 0.29) is 30.2 Å². The highest BCUT2D eigenvalue weighted by atomic mass is 32.1. The highest BCUT2D eigenvalue weighted by Gasteiger charge is 2.49. The first kappa shape index (κ1) is 24.6. The predicted octanol–water partition coefficient (Wildman–Crippen LogP) is 5.26. The summed E-state index contributed by atoms with van der Waals surface area (Å²) in [5, 5.41) is 5.00. The van der Waals surface area contributed by atoms with Crippen LogP contribution in [0.3, 0.4) is 0 Å². The molecule has 0 amide bonds. The van der Waals surface area contributed by atoms with E-state index in [2.05, 4.69) is 5.32 Å². The molecule has 0 aliphatic carbocycles. The van der Waals surface area contributed by atoms with Crippen LogP contribution >= 0.6 is 11.3 Å². The van der Waals surface area contributed by atoms with Gasteiger partial charge in [-0.3, -0.25) is 9.59 Å². The minimum Gasteiger partial charge on any atom is -0.456 e. The van der Waals surface area contributed by atoms with E-state index in [0.29, 0.717) is 28.8 Å². The van der Waals surface area contributed by atoms with Crippen LogP contribution in [0.4, 0.5) is 14.5 Å². The van der Waals surface area contributed by atoms with E-state index in [9.17, 15) is 18.4 Å². The van der Waals surface area contributed by atoms with Gasteiger partial charge in [0.2, 0.25) is 5.78 Å². The molecule has 5 nitrogen and oxygen atoms in total. The second kappa shape index (κ2) is 10.5. The normalized spacial score (nSPS) is 23.7. The number of Topliss-reactive ketones (excluding diaryl/α,β-unsaturated/α-hetero) is 1. The molecule has 36 heavy (non-hydrogen) atoms. The van der Waals surface area contributed by atoms with E-state index < -0.39 is 17.7 Å². The van der Waals surface area contributed by atoms with Crippen LogP contribution < -0.4 is 5.32 Å². The molecule has 1 N–H and O–H groups in total. The van der Waals surface area contributed by atoms with Crippen molar-refractivity contribution in [3.63, 3.8) is 0 Å². The lowest BCUT2D eigenvalue weighted by atomic mass is 9.83. The number of thiophene rings is 1. The van der Waals surface area contributed by atoms with E-state index >= 15 is 0 Å². The molecule has 0 spiro atoms. The van der Waals surface area contributed by atoms with E-state index in [1.165, 1.54) is 35.6 Å². The molecule has 3 aliphatic rings. The van der Waals surface area contributed by atoms with Gasteiger partial charge in [-0.1, -0.05) is 24.3 Å². The van der Waals surface area contributed by atoms with Crippen LogP contribution in [0.25, 0.3) is 0 Å². The minimum atomic E-state index is -0.763. The van der Waals surface area contributed by atoms with Crippen molar-refractivity contribution in [1.29, 1.82) is 0 Å². The largest absolute Gasteiger partial charge is 0.456 e. The third kappa shape index (κ3) is 5.50. The fourth-order valence-electron chi connectivity index (χ4n) is 5.51. The molecule has 3 fully saturated rings. The third-order valence-electron chi connectivity index (χ3n) is 7.45. The Bertz CT molecular complexity index is 1230. The van der Waals surface area contributed by atoms with Gasteiger partial charge in [0.1, 0.15) is 24.7 Å². The van der Waals surface area contributed by atoms with Crippen molar-refractivity contribution < 1.29 is 27.6 Å². The van der Waals surface area contributed by atoms with Crippen LogP contribution in [0.1, 0.15) is 34.0 Å². The molecule has 0 radical (unpaired) electrons. The molecule has 2 aromatic carbocycles. The van der Waals surface area contributed by atoms with Crippen molar-refractivity contribution in [3.05, 3.63) is 88.1 Å². The summed E-state index contributed by atoms with van der Waals surface area (Å²) in [6.07, 6.45) is 1.52. The van der Waals surface area contributed by atoms with Crippen LogP contribution in [0, 0.1) is 17.6 Å². The average molecular weight is 512 g/mol. The Morgan fingerprint density at radius 2 is 1.78 bits per heavy atom. The summed E-state index contributed by atoms with van der Waals surface area (Å²) in [5.41, 5.74) is 1.03. The summed E-state index contributed by atoms with van der Waals surface area (Å²) in [6.45, 7) is 2.98. The first-order valence-electron chi connectivity index (χ1n) is 12.3. The SMILES string of the molecule is O=C(C[N+]12CCC(CC1)[C@@H](OC(=O)C(CNc1cccc(F)c1)c1cccc(F)c1)C2)c1cccs1. The van der Waals surface area contributed by atoms with Gasteiger partial charge in [0, 0.05) is 31.0 Å². The Morgan fingerprint density at radius 3 is 2.47 bits per heavy atom. The lowest BCUT2D eigenvalue weighted by Gasteiger charge is -2.51. The van der Waals surface area contributed by atoms with Gasteiger partial charge in [-0.15, -0.1) is 11.3 Å². The van der Waals surface area contributed by atoms with Crippen molar-refractivity contribution in [3.8, 4) is 0 Å². The number of ketones is 1. The number of carbonyl (C=O) groups excluding carboxylic acids is 2. The summed E-state index contributed by atoms with van der Waals surface area (Å²) < 4.78 is 34.4. The molecule has 188 valence electrons. The van der Waals surface area contributed by atoms with E-state index in [0.717, 1.165) is 30.8 Å². The highest BCUT2D eigenvalue weighted by molar-refractivity contribution is 7.12. The summed E-state index contributed by atoms with van der Waals surface area (Å²) in [6, 6.07) is 15.7. The lowest BCUT2D eigenvalue weighted by molar-refractivity contribution is -0.938. The summed E-state index contributed by atoms with van der Waals surface area (Å²) in [7, 11) is 0. The van der Waals surface area contributed by atoms with Crippen molar-refractivity contribution in [2.24, 2.45) is 5.92 Å². The molecule has 6 rings (SSSR count). The zero-order valence-electron chi connectivity index (χ0n) is 19.9. The molecule has 8 heteroatoms. The number of benzene rings is 2. The molecule has 3 aliphatic heterocycles. The maximum atomic E-state index is 14.0. The average Bonchev–Trinajstić information content (AvgIpc) is 3.40. The predicted molar refractivity (Wildman–Crippen MR) is 135 cm³/mol. The lowest BCUT2D eigenvalue weighted by Crippen LogP contribution is -2.65. The van der Waals surface area contributed by atoms with Gasteiger partial charge >= 0.3 is 5.97 Å². The fraction of sp³-hybridized carbons (Fsp3) is 0.357. The first-order valence-corrected chi connectivity index (χ1v) is 13.2. The van der Waals surface area contributed by atoms with E-state index in [4.69, 9.17) is 4.74 Å². The first-order chi connectivity index (χ1) is 17.4. The Hall–Kier alpha value is -3.10. The number of esters is 1. The standard InChI is InChI=1S/C28H29F2N2O3S/c29-21-5-1-4-20(14-21)24(16-31-23-7-2-6-22(30)15-23)28(34)35-26-18-32(11-9-19(26)10-12-32)17-25(33)27-8-3-13-36-27/h1-8,13-15,19,24,26,31H,9-12,16-18H2/q+1/t19?,24?,26-,32?/m0/s1. The van der Waals surface area contributed by atoms with Gasteiger partial charge in [-0.25, -0.2) is 8.78 Å². The van der Waals surface area contributed by atoms with Gasteiger partial charge in [-0.2, -0.15) is 0 Å². The molecule has 3 aromatic rings. The number of hydrogen-bond donors (Lipinski definition) is 1. The molecule has 2 bridgehead atoms. The van der Waals surface area contributed by atoms with Gasteiger partial charge in [0.25, 0.3) is 0 Å². The Kier molecular flexibility index (Phi) is 7.16. The van der Waals surface area contributed by atoms with Gasteiger partial charge in [-0.05, 0) is 47.3 Å². The maximum absolute atomic E-state index is 14.0. The summed E-state index contributed by atoms with van der Waals surface area (Å²) >= 11 is 1.45. The molecular weight excluding hydrogens is 482 g/mol. The van der Waals surface area contributed by atoms with Crippen molar-refractivity contribution in [2.45, 2.75) is 24.9 Å². The second-order valence-electron chi connectivity index (χ2n) is 9.84. The van der Waals surface area contributed by atoms with E-state index in [1.807, 2.05) is 17.5 Å². The number of piperidine rings is 3. The number of ether oxygens (including phenoxy) is 1. The van der Waals surface area contributed by atoms with Gasteiger partial charge in [0.05, 0.1) is 23.9 Å². The Morgan fingerprint density at radius 1 is 1.03 bits per heavy atom. The molecule has 1 unspecified atom stereocenters. The fourth-order valence-corrected chi connectivity index (χ4v) is 6.16. The van der Waals surface area contributed by atoms with Crippen molar-refractivity contribution in [1.82, 2.24) is 0 Å². The number of hydrogen-bond acceptors (Lipinski definition) is 5. The smallest absolute Gasteiger partial charge is 0.315 e. The van der Waals surface area contributed by atoms with Crippen molar-refractivity contribution >= 4 is 28.8 Å². The van der Waals surface area contributed by atoms with Crippen molar-refractivity contribution in [2.75, 3.05) is 38.0 Å².